The Labute approximate surface area is 165 Å². The minimum Gasteiger partial charge on any atom is -0.496 e. The van der Waals surface area contributed by atoms with E-state index in [4.69, 9.17) is 10.00 Å². The van der Waals surface area contributed by atoms with Crippen LogP contribution in [0.1, 0.15) is 15.9 Å². The highest BCUT2D eigenvalue weighted by Crippen LogP contribution is 2.29. The maximum atomic E-state index is 12.8. The molecule has 0 radical (unpaired) electrons. The lowest BCUT2D eigenvalue weighted by Crippen LogP contribution is -2.13. The minimum atomic E-state index is -0.275. The summed E-state index contributed by atoms with van der Waals surface area (Å²) in [5.74, 6) is 0.239. The average Bonchev–Trinajstić information content (AvgIpc) is 3.21. The molecule has 0 bridgehead atoms. The van der Waals surface area contributed by atoms with E-state index in [-0.39, 0.29) is 5.91 Å². The number of benzene rings is 3. The van der Waals surface area contributed by atoms with Crippen molar-refractivity contribution in [2.45, 2.75) is 0 Å². The fraction of sp³-hybridized carbons (Fsp3) is 0.0455. The summed E-state index contributed by atoms with van der Waals surface area (Å²) in [6.45, 7) is 0. The van der Waals surface area contributed by atoms with Crippen molar-refractivity contribution in [1.82, 2.24) is 4.98 Å². The Kier molecular flexibility index (Phi) is 4.75. The number of carbonyl (C=O) groups excluding carboxylic acids is 1. The zero-order valence-electron chi connectivity index (χ0n) is 15.0. The van der Waals surface area contributed by atoms with Crippen molar-refractivity contribution in [3.63, 3.8) is 0 Å². The molecule has 1 aromatic heterocycles. The van der Waals surface area contributed by atoms with Gasteiger partial charge in [0.2, 0.25) is 0 Å². The van der Waals surface area contributed by atoms with Gasteiger partial charge in [-0.2, -0.15) is 5.26 Å². The second kappa shape index (κ2) is 7.51. The second-order valence-corrected chi connectivity index (χ2v) is 6.94. The Morgan fingerprint density at radius 3 is 2.50 bits per heavy atom. The molecule has 1 amide bonds. The first-order valence-corrected chi connectivity index (χ1v) is 9.40. The Bertz CT molecular complexity index is 1210. The van der Waals surface area contributed by atoms with E-state index in [0.29, 0.717) is 22.0 Å². The Balaban J connectivity index is 1.59. The Morgan fingerprint density at radius 2 is 1.82 bits per heavy atom. The van der Waals surface area contributed by atoms with Crippen molar-refractivity contribution in [2.24, 2.45) is 0 Å². The monoisotopic (exact) mass is 385 g/mol. The standard InChI is InChI=1S/C22H15N3O2S/c1-27-20-11-17-5-3-2-4-16(17)10-18(20)21(26)25-22-24-19(13-28-22)15-8-6-14(12-23)7-9-15/h2-11,13H,1H3,(H,24,25,26). The van der Waals surface area contributed by atoms with Gasteiger partial charge in [0, 0.05) is 10.9 Å². The predicted octanol–water partition coefficient (Wildman–Crippen LogP) is 5.10. The SMILES string of the molecule is COc1cc2ccccc2cc1C(=O)Nc1nc(-c2ccc(C#N)cc2)cs1. The van der Waals surface area contributed by atoms with Crippen molar-refractivity contribution in [3.8, 4) is 23.1 Å². The minimum absolute atomic E-state index is 0.275. The third kappa shape index (κ3) is 3.43. The number of hydrogen-bond acceptors (Lipinski definition) is 5. The number of nitrogens with zero attached hydrogens (tertiary/aromatic N) is 2. The number of methoxy groups -OCH3 is 1. The van der Waals surface area contributed by atoms with Crippen LogP contribution in [0.15, 0.2) is 66.0 Å². The van der Waals surface area contributed by atoms with Gasteiger partial charge < -0.3 is 4.74 Å². The van der Waals surface area contributed by atoms with Crippen molar-refractivity contribution in [1.29, 1.82) is 5.26 Å². The lowest BCUT2D eigenvalue weighted by molar-refractivity contribution is 0.102. The van der Waals surface area contributed by atoms with Crippen LogP contribution in [0, 0.1) is 11.3 Å². The van der Waals surface area contributed by atoms with Gasteiger partial charge in [-0.3, -0.25) is 10.1 Å². The molecule has 4 rings (SSSR count). The quantitative estimate of drug-likeness (QED) is 0.530. The number of anilines is 1. The molecule has 0 aliphatic carbocycles. The highest BCUT2D eigenvalue weighted by Gasteiger charge is 2.16. The first-order valence-electron chi connectivity index (χ1n) is 8.52. The van der Waals surface area contributed by atoms with E-state index in [9.17, 15) is 4.79 Å². The van der Waals surface area contributed by atoms with E-state index in [1.807, 2.05) is 53.9 Å². The number of aromatic nitrogens is 1. The van der Waals surface area contributed by atoms with Crippen molar-refractivity contribution in [3.05, 3.63) is 77.2 Å². The van der Waals surface area contributed by atoms with Gasteiger partial charge >= 0.3 is 0 Å². The molecule has 1 N–H and O–H groups in total. The summed E-state index contributed by atoms with van der Waals surface area (Å²) in [6.07, 6.45) is 0. The summed E-state index contributed by atoms with van der Waals surface area (Å²) >= 11 is 1.35. The smallest absolute Gasteiger partial charge is 0.261 e. The molecule has 28 heavy (non-hydrogen) atoms. The third-order valence-corrected chi connectivity index (χ3v) is 5.10. The topological polar surface area (TPSA) is 75.0 Å². The zero-order valence-corrected chi connectivity index (χ0v) is 15.8. The lowest BCUT2D eigenvalue weighted by Gasteiger charge is -2.10. The van der Waals surface area contributed by atoms with Crippen LogP contribution in [0.4, 0.5) is 5.13 Å². The first kappa shape index (κ1) is 17.7. The maximum Gasteiger partial charge on any atom is 0.261 e. The molecule has 0 unspecified atom stereocenters. The highest BCUT2D eigenvalue weighted by molar-refractivity contribution is 7.14. The molecule has 0 saturated carbocycles. The Hall–Kier alpha value is -3.69. The molecular formula is C22H15N3O2S. The van der Waals surface area contributed by atoms with Crippen LogP contribution in [0.25, 0.3) is 22.0 Å². The normalized spacial score (nSPS) is 10.4. The van der Waals surface area contributed by atoms with E-state index in [1.165, 1.54) is 11.3 Å². The summed E-state index contributed by atoms with van der Waals surface area (Å²) in [5.41, 5.74) is 2.68. The maximum absolute atomic E-state index is 12.8. The summed E-state index contributed by atoms with van der Waals surface area (Å²) < 4.78 is 5.40. The number of thiazole rings is 1. The fourth-order valence-electron chi connectivity index (χ4n) is 2.91. The van der Waals surface area contributed by atoms with E-state index in [2.05, 4.69) is 16.4 Å². The number of nitriles is 1. The number of hydrogen-bond donors (Lipinski definition) is 1. The molecule has 136 valence electrons. The van der Waals surface area contributed by atoms with Gasteiger partial charge in [0.25, 0.3) is 5.91 Å². The average molecular weight is 385 g/mol. The molecule has 4 aromatic rings. The van der Waals surface area contributed by atoms with E-state index >= 15 is 0 Å². The Morgan fingerprint density at radius 1 is 1.11 bits per heavy atom. The van der Waals surface area contributed by atoms with Crippen LogP contribution >= 0.6 is 11.3 Å². The first-order chi connectivity index (χ1) is 13.7. The van der Waals surface area contributed by atoms with Gasteiger partial charge in [-0.25, -0.2) is 4.98 Å². The molecule has 3 aromatic carbocycles. The molecule has 0 saturated heterocycles. The van der Waals surface area contributed by atoms with E-state index < -0.39 is 0 Å². The van der Waals surface area contributed by atoms with Gasteiger partial charge in [-0.15, -0.1) is 11.3 Å². The van der Waals surface area contributed by atoms with Crippen molar-refractivity contribution >= 4 is 33.1 Å². The van der Waals surface area contributed by atoms with Gasteiger partial charge in [-0.05, 0) is 35.0 Å². The van der Waals surface area contributed by atoms with Crippen LogP contribution in [-0.2, 0) is 0 Å². The molecular weight excluding hydrogens is 370 g/mol. The van der Waals surface area contributed by atoms with Crippen LogP contribution in [0.5, 0.6) is 5.75 Å². The van der Waals surface area contributed by atoms with Gasteiger partial charge in [0.15, 0.2) is 5.13 Å². The number of fused-ring (bicyclic) bond motifs is 1. The van der Waals surface area contributed by atoms with Crippen LogP contribution in [0.2, 0.25) is 0 Å². The molecule has 1 heterocycles. The van der Waals surface area contributed by atoms with Crippen molar-refractivity contribution < 1.29 is 9.53 Å². The van der Waals surface area contributed by atoms with Crippen LogP contribution in [-0.4, -0.2) is 18.0 Å². The van der Waals surface area contributed by atoms with Gasteiger partial charge in [0.1, 0.15) is 5.75 Å². The largest absolute Gasteiger partial charge is 0.496 e. The molecule has 6 heteroatoms. The molecule has 0 fully saturated rings. The summed E-state index contributed by atoms with van der Waals surface area (Å²) in [5, 5.41) is 16.1. The van der Waals surface area contributed by atoms with Crippen LogP contribution < -0.4 is 10.1 Å². The summed E-state index contributed by atoms with van der Waals surface area (Å²) in [6, 6.07) is 20.7. The number of nitrogens with one attached hydrogen (secondary N) is 1. The number of ether oxygens (including phenoxy) is 1. The zero-order chi connectivity index (χ0) is 19.5. The summed E-state index contributed by atoms with van der Waals surface area (Å²) in [4.78, 5) is 17.3. The molecule has 0 aliphatic heterocycles. The van der Waals surface area contributed by atoms with E-state index in [1.54, 1.807) is 19.2 Å². The predicted molar refractivity (Wildman–Crippen MR) is 111 cm³/mol. The number of carbonyl (C=O) groups is 1. The second-order valence-electron chi connectivity index (χ2n) is 6.08. The van der Waals surface area contributed by atoms with E-state index in [0.717, 1.165) is 22.0 Å². The van der Waals surface area contributed by atoms with Gasteiger partial charge in [-0.1, -0.05) is 36.4 Å². The van der Waals surface area contributed by atoms with Crippen molar-refractivity contribution in [2.75, 3.05) is 12.4 Å². The molecule has 0 aliphatic rings. The lowest BCUT2D eigenvalue weighted by atomic mass is 10.1. The summed E-state index contributed by atoms with van der Waals surface area (Å²) in [7, 11) is 1.55. The molecule has 5 nitrogen and oxygen atoms in total. The highest BCUT2D eigenvalue weighted by atomic mass is 32.1. The number of amides is 1. The fourth-order valence-corrected chi connectivity index (χ4v) is 3.62. The van der Waals surface area contributed by atoms with Gasteiger partial charge in [0.05, 0.1) is 30.0 Å². The number of rotatable bonds is 4. The molecule has 0 spiro atoms. The molecule has 0 atom stereocenters. The van der Waals surface area contributed by atoms with Crippen LogP contribution in [0.3, 0.4) is 0 Å². The third-order valence-electron chi connectivity index (χ3n) is 4.35.